The van der Waals surface area contributed by atoms with Crippen LogP contribution in [-0.4, -0.2) is 42.8 Å². The highest BCUT2D eigenvalue weighted by Gasteiger charge is 2.17. The summed E-state index contributed by atoms with van der Waals surface area (Å²) in [5.41, 5.74) is 0.748. The molecule has 0 aliphatic carbocycles. The zero-order valence-electron chi connectivity index (χ0n) is 13.4. The molecule has 9 heteroatoms. The molecule has 0 saturated carbocycles. The lowest BCUT2D eigenvalue weighted by Gasteiger charge is -2.23. The predicted octanol–water partition coefficient (Wildman–Crippen LogP) is 2.13. The maximum Gasteiger partial charge on any atom is 0.311 e. The molecule has 1 aromatic carbocycles. The van der Waals surface area contributed by atoms with Gasteiger partial charge in [-0.05, 0) is 31.0 Å². The first-order chi connectivity index (χ1) is 11.1. The summed E-state index contributed by atoms with van der Waals surface area (Å²) in [7, 11) is 1.40. The van der Waals surface area contributed by atoms with Crippen molar-refractivity contribution in [1.29, 1.82) is 0 Å². The van der Waals surface area contributed by atoms with Crippen molar-refractivity contribution < 1.29 is 14.5 Å². The number of ether oxygens (including phenoxy) is 1. The van der Waals surface area contributed by atoms with Crippen molar-refractivity contribution in [3.05, 3.63) is 33.9 Å². The number of hydrogen-bond acceptors (Lipinski definition) is 6. The van der Waals surface area contributed by atoms with E-state index < -0.39 is 4.92 Å². The van der Waals surface area contributed by atoms with E-state index in [-0.39, 0.29) is 35.8 Å². The second kappa shape index (κ2) is 10.4. The van der Waals surface area contributed by atoms with Crippen molar-refractivity contribution in [1.82, 2.24) is 10.6 Å². The van der Waals surface area contributed by atoms with E-state index in [4.69, 9.17) is 4.74 Å². The summed E-state index contributed by atoms with van der Waals surface area (Å²) in [5.74, 6) is 1.13. The largest absolute Gasteiger partial charge is 0.490 e. The Balaban J connectivity index is 0.00000288. The Morgan fingerprint density at radius 2 is 2.33 bits per heavy atom. The summed E-state index contributed by atoms with van der Waals surface area (Å²) >= 11 is 1.44. The average molecular weight is 376 g/mol. The van der Waals surface area contributed by atoms with Crippen LogP contribution in [0.4, 0.5) is 5.69 Å². The average Bonchev–Trinajstić information content (AvgIpc) is 2.55. The van der Waals surface area contributed by atoms with Crippen molar-refractivity contribution in [2.45, 2.75) is 24.6 Å². The minimum Gasteiger partial charge on any atom is -0.490 e. The van der Waals surface area contributed by atoms with E-state index in [9.17, 15) is 14.9 Å². The number of nitrogens with one attached hydrogen (secondary N) is 2. The molecule has 0 radical (unpaired) electrons. The number of carbonyl (C=O) groups is 1. The Morgan fingerprint density at radius 1 is 1.54 bits per heavy atom. The van der Waals surface area contributed by atoms with Gasteiger partial charge in [0.15, 0.2) is 5.75 Å². The van der Waals surface area contributed by atoms with Crippen LogP contribution < -0.4 is 15.4 Å². The molecule has 2 rings (SSSR count). The van der Waals surface area contributed by atoms with Gasteiger partial charge in [0.25, 0.3) is 0 Å². The molecule has 7 nitrogen and oxygen atoms in total. The van der Waals surface area contributed by atoms with Gasteiger partial charge in [0.05, 0.1) is 17.8 Å². The zero-order valence-corrected chi connectivity index (χ0v) is 15.1. The summed E-state index contributed by atoms with van der Waals surface area (Å²) in [6.07, 6.45) is 2.09. The molecule has 1 aromatic rings. The lowest BCUT2D eigenvalue weighted by atomic mass is 10.1. The smallest absolute Gasteiger partial charge is 0.311 e. The van der Waals surface area contributed by atoms with E-state index >= 15 is 0 Å². The van der Waals surface area contributed by atoms with Crippen LogP contribution in [0.25, 0.3) is 0 Å². The summed E-state index contributed by atoms with van der Waals surface area (Å²) in [6, 6.07) is 5.07. The number of rotatable bonds is 7. The number of halogens is 1. The molecule has 0 unspecified atom stereocenters. The number of piperidine rings is 1. The van der Waals surface area contributed by atoms with E-state index in [1.165, 1.54) is 24.9 Å². The van der Waals surface area contributed by atoms with Gasteiger partial charge in [-0.15, -0.1) is 24.2 Å². The number of methoxy groups -OCH3 is 1. The number of benzene rings is 1. The molecule has 2 N–H and O–H groups in total. The van der Waals surface area contributed by atoms with Crippen LogP contribution in [0, 0.1) is 10.1 Å². The standard InChI is InChI=1S/C15H21N3O4S.ClH/c1-22-14-5-4-11(7-13(14)18(20)21)9-23-10-15(19)17-12-3-2-6-16-8-12;/h4-5,7,12,16H,2-3,6,8-10H2,1H3,(H,17,19);1H/t12-;/m0./s1. The minimum atomic E-state index is -0.463. The van der Waals surface area contributed by atoms with E-state index in [2.05, 4.69) is 10.6 Å². The lowest BCUT2D eigenvalue weighted by Crippen LogP contribution is -2.46. The van der Waals surface area contributed by atoms with E-state index in [1.807, 2.05) is 0 Å². The van der Waals surface area contributed by atoms with Crippen LogP contribution >= 0.6 is 24.2 Å². The second-order valence-corrected chi connectivity index (χ2v) is 6.35. The Labute approximate surface area is 151 Å². The lowest BCUT2D eigenvalue weighted by molar-refractivity contribution is -0.385. The van der Waals surface area contributed by atoms with Gasteiger partial charge in [0.1, 0.15) is 0 Å². The van der Waals surface area contributed by atoms with E-state index in [1.54, 1.807) is 12.1 Å². The predicted molar refractivity (Wildman–Crippen MR) is 97.1 cm³/mol. The molecule has 1 fully saturated rings. The van der Waals surface area contributed by atoms with Crippen molar-refractivity contribution >= 4 is 35.8 Å². The minimum absolute atomic E-state index is 0. The molecule has 24 heavy (non-hydrogen) atoms. The van der Waals surface area contributed by atoms with Crippen LogP contribution in [0.2, 0.25) is 0 Å². The molecule has 1 amide bonds. The Kier molecular flexibility index (Phi) is 8.88. The second-order valence-electron chi connectivity index (χ2n) is 5.37. The van der Waals surface area contributed by atoms with Gasteiger partial charge in [0.2, 0.25) is 5.91 Å². The van der Waals surface area contributed by atoms with Gasteiger partial charge in [0, 0.05) is 24.4 Å². The SMILES string of the molecule is COc1ccc(CSCC(=O)N[C@H]2CCCNC2)cc1[N+](=O)[O-].Cl. The van der Waals surface area contributed by atoms with Crippen molar-refractivity contribution in [3.63, 3.8) is 0 Å². The van der Waals surface area contributed by atoms with Crippen molar-refractivity contribution in [3.8, 4) is 5.75 Å². The Morgan fingerprint density at radius 3 is 2.96 bits per heavy atom. The monoisotopic (exact) mass is 375 g/mol. The highest BCUT2D eigenvalue weighted by molar-refractivity contribution is 7.99. The number of nitrogens with zero attached hydrogens (tertiary/aromatic N) is 1. The number of hydrogen-bond donors (Lipinski definition) is 2. The maximum absolute atomic E-state index is 11.9. The van der Waals surface area contributed by atoms with Crippen LogP contribution in [0.15, 0.2) is 18.2 Å². The quantitative estimate of drug-likeness (QED) is 0.560. The van der Waals surface area contributed by atoms with E-state index in [0.29, 0.717) is 11.5 Å². The van der Waals surface area contributed by atoms with Gasteiger partial charge in [-0.2, -0.15) is 0 Å². The van der Waals surface area contributed by atoms with Gasteiger partial charge in [-0.3, -0.25) is 14.9 Å². The molecule has 1 heterocycles. The third kappa shape index (κ3) is 6.18. The first kappa shape index (κ1) is 20.5. The van der Waals surface area contributed by atoms with Gasteiger partial charge < -0.3 is 15.4 Å². The summed E-state index contributed by atoms with van der Waals surface area (Å²) in [6.45, 7) is 1.83. The number of thioether (sulfide) groups is 1. The molecule has 0 spiro atoms. The number of nitro benzene ring substituents is 1. The summed E-state index contributed by atoms with van der Waals surface area (Å²) in [4.78, 5) is 22.4. The van der Waals surface area contributed by atoms with Gasteiger partial charge >= 0.3 is 5.69 Å². The third-order valence-electron chi connectivity index (χ3n) is 3.60. The highest BCUT2D eigenvalue weighted by Crippen LogP contribution is 2.28. The molecule has 1 saturated heterocycles. The van der Waals surface area contributed by atoms with E-state index in [0.717, 1.165) is 31.5 Å². The molecular formula is C15H22ClN3O4S. The van der Waals surface area contributed by atoms with Gasteiger partial charge in [-0.25, -0.2) is 0 Å². The molecule has 0 aromatic heterocycles. The molecule has 134 valence electrons. The highest BCUT2D eigenvalue weighted by atomic mass is 35.5. The fourth-order valence-corrected chi connectivity index (χ4v) is 3.26. The van der Waals surface area contributed by atoms with Crippen LogP contribution in [0.3, 0.4) is 0 Å². The van der Waals surface area contributed by atoms with Crippen molar-refractivity contribution in [2.24, 2.45) is 0 Å². The van der Waals surface area contributed by atoms with Crippen LogP contribution in [-0.2, 0) is 10.5 Å². The Bertz CT molecular complexity index is 568. The number of carbonyl (C=O) groups excluding carboxylic acids is 1. The van der Waals surface area contributed by atoms with Crippen molar-refractivity contribution in [2.75, 3.05) is 26.0 Å². The molecular weight excluding hydrogens is 354 g/mol. The first-order valence-corrected chi connectivity index (χ1v) is 8.64. The molecule has 1 atom stereocenters. The number of nitro groups is 1. The third-order valence-corrected chi connectivity index (χ3v) is 4.61. The van der Waals surface area contributed by atoms with Crippen LogP contribution in [0.5, 0.6) is 5.75 Å². The molecule has 1 aliphatic heterocycles. The Hall–Kier alpha value is -1.51. The first-order valence-electron chi connectivity index (χ1n) is 7.49. The topological polar surface area (TPSA) is 93.5 Å². The van der Waals surface area contributed by atoms with Crippen LogP contribution in [0.1, 0.15) is 18.4 Å². The normalized spacial score (nSPS) is 16.8. The zero-order chi connectivity index (χ0) is 16.7. The summed E-state index contributed by atoms with van der Waals surface area (Å²) < 4.78 is 4.97. The fraction of sp³-hybridized carbons (Fsp3) is 0.533. The molecule has 0 bridgehead atoms. The summed E-state index contributed by atoms with van der Waals surface area (Å²) in [5, 5.41) is 17.2. The maximum atomic E-state index is 11.9. The fourth-order valence-electron chi connectivity index (χ4n) is 2.47. The molecule has 1 aliphatic rings. The number of amides is 1. The van der Waals surface area contributed by atoms with Gasteiger partial charge in [-0.1, -0.05) is 6.07 Å².